The van der Waals surface area contributed by atoms with E-state index < -0.39 is 70.5 Å². The lowest BCUT2D eigenvalue weighted by molar-refractivity contribution is -0.144. The van der Waals surface area contributed by atoms with E-state index in [1.807, 2.05) is 0 Å². The van der Waals surface area contributed by atoms with Gasteiger partial charge in [0.05, 0.1) is 22.3 Å². The Labute approximate surface area is 245 Å². The molecule has 20 heteroatoms. The zero-order chi connectivity index (χ0) is 32.4. The SMILES string of the molecule is FC(F)(F)c1cc(NC(=S)NC[C@@H]2OCO[C@H]2CNC(=S)Nc2cc(C(F)(F)F)cc(C(F)(F)F)c2)cc(C(F)(F)F)c1. The molecule has 1 aliphatic rings. The average molecular weight is 675 g/mol. The van der Waals surface area contributed by atoms with Crippen LogP contribution < -0.4 is 21.3 Å². The van der Waals surface area contributed by atoms with Crippen molar-refractivity contribution in [2.45, 2.75) is 36.9 Å². The Morgan fingerprint density at radius 3 is 1.09 bits per heavy atom. The number of ether oxygens (including phenoxy) is 2. The lowest BCUT2D eigenvalue weighted by atomic mass is 10.1. The highest BCUT2D eigenvalue weighted by molar-refractivity contribution is 7.80. The zero-order valence-corrected chi connectivity index (χ0v) is 22.5. The normalized spacial score (nSPS) is 17.9. The van der Waals surface area contributed by atoms with Crippen LogP contribution in [-0.4, -0.2) is 42.3 Å². The molecule has 43 heavy (non-hydrogen) atoms. The number of benzene rings is 2. The summed E-state index contributed by atoms with van der Waals surface area (Å²) in [5, 5.41) is 8.84. The molecule has 3 rings (SSSR count). The number of hydrogen-bond donors (Lipinski definition) is 4. The quantitative estimate of drug-likeness (QED) is 0.198. The summed E-state index contributed by atoms with van der Waals surface area (Å²) in [6, 6.07) is 1.62. The second-order valence-electron chi connectivity index (χ2n) is 8.79. The third-order valence-electron chi connectivity index (χ3n) is 5.60. The van der Waals surface area contributed by atoms with Crippen LogP contribution in [0.3, 0.4) is 0 Å². The van der Waals surface area contributed by atoms with E-state index in [0.717, 1.165) is 0 Å². The number of rotatable bonds is 6. The van der Waals surface area contributed by atoms with Crippen LogP contribution in [0, 0.1) is 0 Å². The van der Waals surface area contributed by atoms with Gasteiger partial charge in [-0.3, -0.25) is 0 Å². The van der Waals surface area contributed by atoms with Crippen molar-refractivity contribution in [1.29, 1.82) is 0 Å². The van der Waals surface area contributed by atoms with Gasteiger partial charge >= 0.3 is 24.7 Å². The Hall–Kier alpha value is -3.10. The summed E-state index contributed by atoms with van der Waals surface area (Å²) in [5.74, 6) is 0. The van der Waals surface area contributed by atoms with E-state index >= 15 is 0 Å². The molecule has 6 nitrogen and oxygen atoms in total. The van der Waals surface area contributed by atoms with Gasteiger partial charge < -0.3 is 30.7 Å². The molecule has 0 bridgehead atoms. The molecule has 1 heterocycles. The van der Waals surface area contributed by atoms with Crippen molar-refractivity contribution in [2.24, 2.45) is 0 Å². The topological polar surface area (TPSA) is 66.6 Å². The van der Waals surface area contributed by atoms with Crippen molar-refractivity contribution >= 4 is 46.0 Å². The first kappa shape index (κ1) is 34.4. The fourth-order valence-electron chi connectivity index (χ4n) is 3.60. The molecule has 2 aromatic carbocycles. The van der Waals surface area contributed by atoms with Crippen molar-refractivity contribution < 1.29 is 62.2 Å². The van der Waals surface area contributed by atoms with Crippen LogP contribution in [0.1, 0.15) is 22.3 Å². The Bertz CT molecular complexity index is 1170. The van der Waals surface area contributed by atoms with Gasteiger partial charge in [0.15, 0.2) is 10.2 Å². The molecule has 1 aliphatic heterocycles. The highest BCUT2D eigenvalue weighted by Gasteiger charge is 2.38. The molecule has 238 valence electrons. The van der Waals surface area contributed by atoms with Crippen molar-refractivity contribution in [3.8, 4) is 0 Å². The fourth-order valence-corrected chi connectivity index (χ4v) is 4.00. The Morgan fingerprint density at radius 2 is 0.837 bits per heavy atom. The summed E-state index contributed by atoms with van der Waals surface area (Å²) in [5.41, 5.74) is -7.43. The number of hydrogen-bond acceptors (Lipinski definition) is 4. The van der Waals surface area contributed by atoms with Gasteiger partial charge in [-0.2, -0.15) is 52.7 Å². The third-order valence-corrected chi connectivity index (χ3v) is 6.09. The van der Waals surface area contributed by atoms with Crippen LogP contribution in [0.2, 0.25) is 0 Å². The number of thiocarbonyl (C=S) groups is 2. The minimum absolute atomic E-state index is 0.0511. The summed E-state index contributed by atoms with van der Waals surface area (Å²) < 4.78 is 167. The predicted octanol–water partition coefficient (Wildman–Crippen LogP) is 6.78. The smallest absolute Gasteiger partial charge is 0.360 e. The molecule has 0 saturated carbocycles. The molecule has 0 aliphatic carbocycles. The Morgan fingerprint density at radius 1 is 0.558 bits per heavy atom. The maximum atomic E-state index is 13.1. The summed E-state index contributed by atoms with van der Waals surface area (Å²) in [7, 11) is 0. The van der Waals surface area contributed by atoms with Gasteiger partial charge in [-0.15, -0.1) is 0 Å². The van der Waals surface area contributed by atoms with Crippen LogP contribution in [0.15, 0.2) is 36.4 Å². The van der Waals surface area contributed by atoms with Gasteiger partial charge in [0.25, 0.3) is 0 Å². The largest absolute Gasteiger partial charge is 0.416 e. The Kier molecular flexibility index (Phi) is 10.3. The minimum atomic E-state index is -5.07. The molecule has 0 aromatic heterocycles. The second kappa shape index (κ2) is 12.9. The standard InChI is InChI=1S/C23H18F12N4O2S2/c24-20(25,26)10-1-11(21(27,28)29)4-14(3-10)38-18(42)36-7-16-17(41-9-40-16)8-37-19(43)39-15-5-12(22(30,31)32)2-13(6-15)23(33,34)35/h1-6,16-17H,7-9H2,(H2,36,38,42)(H2,37,39,43)/t16-,17-/m0/s1. The van der Waals surface area contributed by atoms with Crippen LogP contribution in [0.25, 0.3) is 0 Å². The molecule has 1 saturated heterocycles. The van der Waals surface area contributed by atoms with Crippen LogP contribution in [0.5, 0.6) is 0 Å². The first-order valence-electron chi connectivity index (χ1n) is 11.5. The summed E-state index contributed by atoms with van der Waals surface area (Å²) in [4.78, 5) is 0. The van der Waals surface area contributed by atoms with Gasteiger partial charge in [-0.1, -0.05) is 0 Å². The number of anilines is 2. The minimum Gasteiger partial charge on any atom is -0.360 e. The lowest BCUT2D eigenvalue weighted by Gasteiger charge is -2.21. The first-order valence-corrected chi connectivity index (χ1v) is 12.4. The van der Waals surface area contributed by atoms with Gasteiger partial charge in [-0.05, 0) is 60.8 Å². The number of halogens is 12. The predicted molar refractivity (Wildman–Crippen MR) is 136 cm³/mol. The molecule has 1 fully saturated rings. The van der Waals surface area contributed by atoms with E-state index in [2.05, 4.69) is 21.3 Å². The highest BCUT2D eigenvalue weighted by Crippen LogP contribution is 2.39. The van der Waals surface area contributed by atoms with Crippen molar-refractivity contribution in [2.75, 3.05) is 30.5 Å². The zero-order valence-electron chi connectivity index (χ0n) is 20.9. The summed E-state index contributed by atoms with van der Waals surface area (Å²) in [6.45, 7) is -0.609. The molecule has 2 aromatic rings. The van der Waals surface area contributed by atoms with E-state index in [9.17, 15) is 52.7 Å². The third kappa shape index (κ3) is 9.97. The molecular formula is C23H18F12N4O2S2. The summed E-state index contributed by atoms with van der Waals surface area (Å²) in [6.07, 6.45) is -21.9. The number of nitrogens with one attached hydrogen (secondary N) is 4. The van der Waals surface area contributed by atoms with Gasteiger partial charge in [0.1, 0.15) is 19.0 Å². The van der Waals surface area contributed by atoms with Gasteiger partial charge in [0.2, 0.25) is 0 Å². The van der Waals surface area contributed by atoms with Crippen molar-refractivity contribution in [3.05, 3.63) is 58.7 Å². The van der Waals surface area contributed by atoms with Gasteiger partial charge in [0, 0.05) is 24.5 Å². The van der Waals surface area contributed by atoms with Gasteiger partial charge in [-0.25, -0.2) is 0 Å². The maximum Gasteiger partial charge on any atom is 0.416 e. The molecule has 4 N–H and O–H groups in total. The lowest BCUT2D eigenvalue weighted by Crippen LogP contribution is -2.44. The monoisotopic (exact) mass is 674 g/mol. The van der Waals surface area contributed by atoms with E-state index in [4.69, 9.17) is 33.9 Å². The second-order valence-corrected chi connectivity index (χ2v) is 9.60. The van der Waals surface area contributed by atoms with E-state index in [-0.39, 0.29) is 42.2 Å². The Balaban J connectivity index is 1.58. The first-order chi connectivity index (χ1) is 19.6. The van der Waals surface area contributed by atoms with Crippen LogP contribution in [0.4, 0.5) is 64.1 Å². The molecule has 0 amide bonds. The summed E-state index contributed by atoms with van der Waals surface area (Å²) >= 11 is 9.89. The van der Waals surface area contributed by atoms with E-state index in [1.54, 1.807) is 0 Å². The molecule has 0 unspecified atom stereocenters. The average Bonchev–Trinajstić information content (AvgIpc) is 3.31. The fraction of sp³-hybridized carbons (Fsp3) is 0.391. The number of alkyl halides is 12. The van der Waals surface area contributed by atoms with E-state index in [0.29, 0.717) is 24.3 Å². The van der Waals surface area contributed by atoms with E-state index in [1.165, 1.54) is 0 Å². The molecule has 0 radical (unpaired) electrons. The molecule has 2 atom stereocenters. The molecular weight excluding hydrogens is 656 g/mol. The van der Waals surface area contributed by atoms with Crippen molar-refractivity contribution in [3.63, 3.8) is 0 Å². The van der Waals surface area contributed by atoms with Crippen LogP contribution >= 0.6 is 24.4 Å². The maximum absolute atomic E-state index is 13.1. The highest BCUT2D eigenvalue weighted by atomic mass is 32.1. The van der Waals surface area contributed by atoms with Crippen molar-refractivity contribution in [1.82, 2.24) is 10.6 Å². The molecule has 0 spiro atoms. The van der Waals surface area contributed by atoms with Crippen LogP contribution in [-0.2, 0) is 34.2 Å².